The quantitative estimate of drug-likeness (QED) is 0.674. The van der Waals surface area contributed by atoms with Crippen LogP contribution in [0.5, 0.6) is 5.75 Å². The Kier molecular flexibility index (Phi) is 6.80. The summed E-state index contributed by atoms with van der Waals surface area (Å²) in [5, 5.41) is 4.94. The number of ether oxygens (including phenoxy) is 1. The Hall–Kier alpha value is -2.54. The zero-order chi connectivity index (χ0) is 21.8. The van der Waals surface area contributed by atoms with Gasteiger partial charge in [-0.15, -0.1) is 11.3 Å². The zero-order valence-corrected chi connectivity index (χ0v) is 19.1. The first-order valence-corrected chi connectivity index (χ1v) is 12.0. The number of carbonyl (C=O) groups excluding carboxylic acids is 2. The molecule has 1 aliphatic carbocycles. The Morgan fingerprint density at radius 1 is 1.23 bits per heavy atom. The Morgan fingerprint density at radius 3 is 2.71 bits per heavy atom. The molecule has 2 aromatic rings. The highest BCUT2D eigenvalue weighted by atomic mass is 32.1. The highest BCUT2D eigenvalue weighted by molar-refractivity contribution is 7.10. The predicted octanol–water partition coefficient (Wildman–Crippen LogP) is 4.00. The van der Waals surface area contributed by atoms with Crippen molar-refractivity contribution in [3.8, 4) is 5.75 Å². The second-order valence-electron chi connectivity index (χ2n) is 8.44. The van der Waals surface area contributed by atoms with Crippen LogP contribution in [0, 0.1) is 12.8 Å². The molecule has 1 fully saturated rings. The van der Waals surface area contributed by atoms with Crippen molar-refractivity contribution in [2.75, 3.05) is 32.8 Å². The van der Waals surface area contributed by atoms with Crippen molar-refractivity contribution < 1.29 is 14.3 Å². The molecule has 2 aliphatic rings. The topological polar surface area (TPSA) is 61.9 Å². The van der Waals surface area contributed by atoms with Gasteiger partial charge in [0.2, 0.25) is 5.91 Å². The van der Waals surface area contributed by atoms with Crippen molar-refractivity contribution in [1.29, 1.82) is 0 Å². The molecule has 1 saturated carbocycles. The number of nitrogens with one attached hydrogen (secondary N) is 1. The first-order chi connectivity index (χ1) is 15.0. The lowest BCUT2D eigenvalue weighted by Gasteiger charge is -2.37. The molecule has 1 N–H and O–H groups in total. The maximum absolute atomic E-state index is 13.4. The van der Waals surface area contributed by atoms with Crippen LogP contribution in [0.1, 0.15) is 41.8 Å². The third kappa shape index (κ3) is 5.39. The second-order valence-corrected chi connectivity index (χ2v) is 9.44. The molecule has 7 heteroatoms. The summed E-state index contributed by atoms with van der Waals surface area (Å²) in [7, 11) is 0. The minimum atomic E-state index is -0.150. The molecule has 166 valence electrons. The van der Waals surface area contributed by atoms with Gasteiger partial charge in [0.05, 0.1) is 6.04 Å². The monoisotopic (exact) mass is 441 g/mol. The summed E-state index contributed by atoms with van der Waals surface area (Å²) in [5.41, 5.74) is 2.35. The van der Waals surface area contributed by atoms with Gasteiger partial charge in [-0.25, -0.2) is 4.79 Å². The third-order valence-corrected chi connectivity index (χ3v) is 6.96. The van der Waals surface area contributed by atoms with E-state index in [4.69, 9.17) is 4.74 Å². The van der Waals surface area contributed by atoms with Gasteiger partial charge in [0.25, 0.3) is 0 Å². The van der Waals surface area contributed by atoms with Gasteiger partial charge in [0, 0.05) is 24.5 Å². The molecule has 0 bridgehead atoms. The van der Waals surface area contributed by atoms with Crippen molar-refractivity contribution in [2.24, 2.45) is 5.92 Å². The van der Waals surface area contributed by atoms with E-state index in [2.05, 4.69) is 16.8 Å². The fourth-order valence-corrected chi connectivity index (χ4v) is 4.96. The van der Waals surface area contributed by atoms with Gasteiger partial charge in [0.15, 0.2) is 0 Å². The Balaban J connectivity index is 1.48. The van der Waals surface area contributed by atoms with Crippen molar-refractivity contribution in [3.05, 3.63) is 51.7 Å². The molecule has 1 aromatic carbocycles. The average Bonchev–Trinajstić information content (AvgIpc) is 3.45. The van der Waals surface area contributed by atoms with Crippen molar-refractivity contribution in [2.45, 2.75) is 39.2 Å². The number of hydrogen-bond donors (Lipinski definition) is 1. The largest absolute Gasteiger partial charge is 0.491 e. The molecule has 1 atom stereocenters. The van der Waals surface area contributed by atoms with Gasteiger partial charge in [0.1, 0.15) is 18.9 Å². The van der Waals surface area contributed by atoms with Crippen LogP contribution in [0.2, 0.25) is 0 Å². The number of benzene rings is 1. The number of nitrogens with zero attached hydrogens (tertiary/aromatic N) is 2. The molecule has 2 heterocycles. The van der Waals surface area contributed by atoms with Gasteiger partial charge in [-0.1, -0.05) is 17.7 Å². The fourth-order valence-electron chi connectivity index (χ4n) is 4.03. The van der Waals surface area contributed by atoms with E-state index in [1.54, 1.807) is 16.2 Å². The Labute approximate surface area is 188 Å². The fraction of sp³-hybridized carbons (Fsp3) is 0.500. The number of carbonyl (C=O) groups is 2. The first kappa shape index (κ1) is 21.7. The van der Waals surface area contributed by atoms with Gasteiger partial charge in [-0.2, -0.15) is 0 Å². The molecule has 0 unspecified atom stereocenters. The van der Waals surface area contributed by atoms with Crippen LogP contribution < -0.4 is 10.1 Å². The number of fused-ring (bicyclic) bond motifs is 1. The number of aryl methyl sites for hydroxylation is 1. The third-order valence-electron chi connectivity index (χ3n) is 5.96. The molecule has 0 spiro atoms. The van der Waals surface area contributed by atoms with Crippen LogP contribution in [0.15, 0.2) is 35.7 Å². The molecule has 3 amide bonds. The van der Waals surface area contributed by atoms with Gasteiger partial charge in [-0.3, -0.25) is 4.79 Å². The van der Waals surface area contributed by atoms with Gasteiger partial charge >= 0.3 is 6.03 Å². The number of urea groups is 1. The lowest BCUT2D eigenvalue weighted by Crippen LogP contribution is -2.50. The Morgan fingerprint density at radius 2 is 2.00 bits per heavy atom. The van der Waals surface area contributed by atoms with Crippen molar-refractivity contribution in [3.63, 3.8) is 0 Å². The van der Waals surface area contributed by atoms with Crippen LogP contribution in [-0.2, 0) is 11.2 Å². The van der Waals surface area contributed by atoms with E-state index in [0.717, 1.165) is 25.0 Å². The molecule has 1 aromatic heterocycles. The summed E-state index contributed by atoms with van der Waals surface area (Å²) in [6.07, 6.45) is 3.13. The van der Waals surface area contributed by atoms with Gasteiger partial charge < -0.3 is 19.9 Å². The van der Waals surface area contributed by atoms with E-state index in [1.807, 2.05) is 43.0 Å². The summed E-state index contributed by atoms with van der Waals surface area (Å²) in [6, 6.07) is 9.80. The normalized spacial score (nSPS) is 17.7. The van der Waals surface area contributed by atoms with Crippen LogP contribution in [0.25, 0.3) is 0 Å². The van der Waals surface area contributed by atoms with Crippen LogP contribution in [-0.4, -0.2) is 54.5 Å². The van der Waals surface area contributed by atoms with Gasteiger partial charge in [-0.05, 0) is 68.2 Å². The molecule has 31 heavy (non-hydrogen) atoms. The highest BCUT2D eigenvalue weighted by Gasteiger charge is 2.34. The summed E-state index contributed by atoms with van der Waals surface area (Å²) in [6.45, 7) is 6.33. The summed E-state index contributed by atoms with van der Waals surface area (Å²) in [4.78, 5) is 30.8. The SMILES string of the molecule is CCNC(=O)N(CC(=O)N1CCc2sccc2[C@@H]1COc1ccc(C)cc1)CC1CC1. The molecular formula is C24H31N3O3S. The summed E-state index contributed by atoms with van der Waals surface area (Å²) < 4.78 is 6.09. The summed E-state index contributed by atoms with van der Waals surface area (Å²) in [5.74, 6) is 1.32. The highest BCUT2D eigenvalue weighted by Crippen LogP contribution is 2.34. The summed E-state index contributed by atoms with van der Waals surface area (Å²) >= 11 is 1.74. The maximum atomic E-state index is 13.4. The number of amides is 3. The van der Waals surface area contributed by atoms with E-state index in [1.165, 1.54) is 16.0 Å². The molecular weight excluding hydrogens is 410 g/mol. The standard InChI is InChI=1S/C24H31N3O3S/c1-3-25-24(29)26(14-18-6-7-18)15-23(28)27-12-10-22-20(11-13-31-22)21(27)16-30-19-8-4-17(2)5-9-19/h4-5,8-9,11,13,18,21H,3,6-7,10,12,14-16H2,1-2H3,(H,25,29)/t21-/m0/s1. The van der Waals surface area contributed by atoms with E-state index in [0.29, 0.717) is 32.2 Å². The van der Waals surface area contributed by atoms with E-state index < -0.39 is 0 Å². The number of thiophene rings is 1. The predicted molar refractivity (Wildman–Crippen MR) is 123 cm³/mol. The number of hydrogen-bond acceptors (Lipinski definition) is 4. The van der Waals surface area contributed by atoms with E-state index in [-0.39, 0.29) is 24.5 Å². The van der Waals surface area contributed by atoms with Crippen LogP contribution in [0.4, 0.5) is 4.79 Å². The minimum Gasteiger partial charge on any atom is -0.491 e. The molecule has 1 aliphatic heterocycles. The minimum absolute atomic E-state index is 0.0127. The van der Waals surface area contributed by atoms with Crippen LogP contribution in [0.3, 0.4) is 0 Å². The molecule has 4 rings (SSSR count). The molecule has 0 saturated heterocycles. The molecule has 0 radical (unpaired) electrons. The average molecular weight is 442 g/mol. The van der Waals surface area contributed by atoms with E-state index >= 15 is 0 Å². The van der Waals surface area contributed by atoms with E-state index in [9.17, 15) is 9.59 Å². The maximum Gasteiger partial charge on any atom is 0.317 e. The number of rotatable bonds is 8. The first-order valence-electron chi connectivity index (χ1n) is 11.1. The van der Waals surface area contributed by atoms with Crippen LogP contribution >= 0.6 is 11.3 Å². The lowest BCUT2D eigenvalue weighted by atomic mass is 10.0. The van der Waals surface area contributed by atoms with Crippen molar-refractivity contribution in [1.82, 2.24) is 15.1 Å². The smallest absolute Gasteiger partial charge is 0.317 e. The zero-order valence-electron chi connectivity index (χ0n) is 18.3. The lowest BCUT2D eigenvalue weighted by molar-refractivity contribution is -0.135. The molecule has 6 nitrogen and oxygen atoms in total. The Bertz CT molecular complexity index is 907. The second kappa shape index (κ2) is 9.73. The van der Waals surface area contributed by atoms with Crippen molar-refractivity contribution >= 4 is 23.3 Å².